The summed E-state index contributed by atoms with van der Waals surface area (Å²) < 4.78 is 1.90. The van der Waals surface area contributed by atoms with Crippen molar-refractivity contribution in [2.75, 3.05) is 0 Å². The van der Waals surface area contributed by atoms with E-state index in [9.17, 15) is 4.79 Å². The maximum absolute atomic E-state index is 10.9. The molecule has 0 unspecified atom stereocenters. The van der Waals surface area contributed by atoms with E-state index in [0.29, 0.717) is 5.56 Å². The summed E-state index contributed by atoms with van der Waals surface area (Å²) in [4.78, 5) is 10.9. The van der Waals surface area contributed by atoms with Crippen molar-refractivity contribution in [1.29, 1.82) is 0 Å². The van der Waals surface area contributed by atoms with Gasteiger partial charge in [0, 0.05) is 23.8 Å². The Morgan fingerprint density at radius 1 is 1.43 bits per heavy atom. The van der Waals surface area contributed by atoms with Gasteiger partial charge in [-0.15, -0.1) is 0 Å². The summed E-state index contributed by atoms with van der Waals surface area (Å²) in [5, 5.41) is 8.92. The number of rotatable bonds is 1. The molecule has 3 nitrogen and oxygen atoms in total. The third-order valence-corrected chi connectivity index (χ3v) is 2.20. The summed E-state index contributed by atoms with van der Waals surface area (Å²) in [5.41, 5.74) is 2.01. The molecule has 3 heteroatoms. The third kappa shape index (κ3) is 1.33. The average Bonchev–Trinajstić information content (AvgIpc) is 2.16. The summed E-state index contributed by atoms with van der Waals surface area (Å²) in [7, 11) is 0. The molecule has 0 aliphatic rings. The maximum Gasteiger partial charge on any atom is 0.336 e. The quantitative estimate of drug-likeness (QED) is 0.688. The Labute approximate surface area is 81.2 Å². The minimum atomic E-state index is -0.881. The van der Waals surface area contributed by atoms with Gasteiger partial charge in [-0.05, 0) is 13.0 Å². The molecular weight excluding hydrogens is 178 g/mol. The van der Waals surface area contributed by atoms with Crippen LogP contribution in [0, 0.1) is 6.92 Å². The number of hydrogen-bond acceptors (Lipinski definition) is 1. The zero-order chi connectivity index (χ0) is 10.1. The first-order chi connectivity index (χ1) is 6.68. The van der Waals surface area contributed by atoms with Gasteiger partial charge in [0.25, 0.3) is 0 Å². The van der Waals surface area contributed by atoms with Gasteiger partial charge < -0.3 is 5.11 Å². The average molecular weight is 188 g/mol. The minimum absolute atomic E-state index is 0.358. The lowest BCUT2D eigenvalue weighted by atomic mass is 10.1. The fraction of sp³-hybridized carbons (Fsp3) is 0.0909. The first-order valence-corrected chi connectivity index (χ1v) is 4.32. The van der Waals surface area contributed by atoms with E-state index in [2.05, 4.69) is 0 Å². The predicted molar refractivity (Wildman–Crippen MR) is 51.3 cm³/mol. The van der Waals surface area contributed by atoms with Gasteiger partial charge in [-0.2, -0.15) is 4.40 Å². The summed E-state index contributed by atoms with van der Waals surface area (Å²) in [6, 6.07) is 7.35. The summed E-state index contributed by atoms with van der Waals surface area (Å²) >= 11 is 0. The van der Waals surface area contributed by atoms with Crippen LogP contribution in [0.15, 0.2) is 36.7 Å². The molecule has 0 saturated heterocycles. The zero-order valence-electron chi connectivity index (χ0n) is 7.77. The molecule has 0 amide bonds. The lowest BCUT2D eigenvalue weighted by molar-refractivity contribution is -0.512. The summed E-state index contributed by atoms with van der Waals surface area (Å²) in [6.45, 7) is 1.79. The fourth-order valence-corrected chi connectivity index (χ4v) is 1.48. The molecule has 2 aromatic heterocycles. The van der Waals surface area contributed by atoms with Gasteiger partial charge in [0.15, 0.2) is 12.4 Å². The number of carboxylic acids is 1. The highest BCUT2D eigenvalue weighted by atomic mass is 16.4. The normalized spacial score (nSPS) is 10.4. The van der Waals surface area contributed by atoms with Crippen LogP contribution < -0.4 is 4.40 Å². The molecule has 0 aliphatic heterocycles. The van der Waals surface area contributed by atoms with Crippen LogP contribution in [0.2, 0.25) is 0 Å². The molecule has 0 aliphatic carbocycles. The SMILES string of the molecule is Cc1c[n+]2ccccc2cc1C(=O)O. The molecule has 0 aromatic carbocycles. The van der Waals surface area contributed by atoms with Gasteiger partial charge in [-0.1, -0.05) is 0 Å². The van der Waals surface area contributed by atoms with E-state index < -0.39 is 5.97 Å². The van der Waals surface area contributed by atoms with Crippen molar-refractivity contribution in [3.8, 4) is 0 Å². The molecule has 0 atom stereocenters. The molecule has 14 heavy (non-hydrogen) atoms. The highest BCUT2D eigenvalue weighted by Crippen LogP contribution is 2.07. The second kappa shape index (κ2) is 3.10. The third-order valence-electron chi connectivity index (χ3n) is 2.20. The van der Waals surface area contributed by atoms with Crippen LogP contribution in [0.25, 0.3) is 5.52 Å². The number of fused-ring (bicyclic) bond motifs is 1. The van der Waals surface area contributed by atoms with Crippen LogP contribution >= 0.6 is 0 Å². The molecule has 0 spiro atoms. The smallest absolute Gasteiger partial charge is 0.336 e. The Balaban J connectivity index is 2.77. The molecule has 0 bridgehead atoms. The van der Waals surface area contributed by atoms with Gasteiger partial charge in [-0.25, -0.2) is 4.79 Å². The lowest BCUT2D eigenvalue weighted by Gasteiger charge is -1.97. The number of aromatic nitrogens is 1. The van der Waals surface area contributed by atoms with Crippen molar-refractivity contribution in [2.45, 2.75) is 6.92 Å². The van der Waals surface area contributed by atoms with Crippen LogP contribution in [0.4, 0.5) is 0 Å². The molecule has 0 saturated carbocycles. The van der Waals surface area contributed by atoms with E-state index in [1.165, 1.54) is 0 Å². The molecule has 2 aromatic rings. The Kier molecular flexibility index (Phi) is 1.93. The fourth-order valence-electron chi connectivity index (χ4n) is 1.48. The highest BCUT2D eigenvalue weighted by molar-refractivity contribution is 5.90. The van der Waals surface area contributed by atoms with Crippen molar-refractivity contribution >= 4 is 11.5 Å². The van der Waals surface area contributed by atoms with Crippen LogP contribution in [0.3, 0.4) is 0 Å². The monoisotopic (exact) mass is 188 g/mol. The van der Waals surface area contributed by atoms with E-state index in [-0.39, 0.29) is 0 Å². The standard InChI is InChI=1S/C11H9NO2/c1-8-7-12-5-3-2-4-9(12)6-10(8)11(13)14/h2-7H,1H3/p+1. The van der Waals surface area contributed by atoms with E-state index in [1.807, 2.05) is 35.0 Å². The van der Waals surface area contributed by atoms with E-state index in [0.717, 1.165) is 11.1 Å². The molecule has 70 valence electrons. The number of nitrogens with zero attached hydrogens (tertiary/aromatic N) is 1. The first kappa shape index (κ1) is 8.69. The second-order valence-electron chi connectivity index (χ2n) is 3.21. The lowest BCUT2D eigenvalue weighted by Crippen LogP contribution is -2.22. The van der Waals surface area contributed by atoms with Gasteiger partial charge in [0.2, 0.25) is 5.52 Å². The van der Waals surface area contributed by atoms with Crippen molar-refractivity contribution in [3.05, 3.63) is 47.8 Å². The van der Waals surface area contributed by atoms with Crippen molar-refractivity contribution in [2.24, 2.45) is 0 Å². The van der Waals surface area contributed by atoms with Gasteiger partial charge in [-0.3, -0.25) is 0 Å². The largest absolute Gasteiger partial charge is 0.478 e. The second-order valence-corrected chi connectivity index (χ2v) is 3.21. The summed E-state index contributed by atoms with van der Waals surface area (Å²) in [6.07, 6.45) is 3.72. The van der Waals surface area contributed by atoms with Gasteiger partial charge in [0.1, 0.15) is 0 Å². The topological polar surface area (TPSA) is 41.4 Å². The van der Waals surface area contributed by atoms with E-state index >= 15 is 0 Å². The van der Waals surface area contributed by atoms with Gasteiger partial charge in [0.05, 0.1) is 5.56 Å². The predicted octanol–water partition coefficient (Wildman–Crippen LogP) is 1.43. The van der Waals surface area contributed by atoms with Crippen LogP contribution in [0.5, 0.6) is 0 Å². The number of pyridine rings is 2. The van der Waals surface area contributed by atoms with Crippen molar-refractivity contribution in [3.63, 3.8) is 0 Å². The zero-order valence-corrected chi connectivity index (χ0v) is 7.77. The van der Waals surface area contributed by atoms with Crippen LogP contribution in [-0.2, 0) is 0 Å². The Bertz CT molecular complexity index is 506. The van der Waals surface area contributed by atoms with E-state index in [1.54, 1.807) is 13.0 Å². The molecular formula is C11H10NO2+. The number of carbonyl (C=O) groups is 1. The maximum atomic E-state index is 10.9. The Morgan fingerprint density at radius 2 is 2.21 bits per heavy atom. The molecule has 2 rings (SSSR count). The highest BCUT2D eigenvalue weighted by Gasteiger charge is 2.12. The minimum Gasteiger partial charge on any atom is -0.478 e. The Hall–Kier alpha value is -1.90. The molecule has 2 heterocycles. The number of hydrogen-bond donors (Lipinski definition) is 1. The van der Waals surface area contributed by atoms with Crippen LogP contribution in [0.1, 0.15) is 15.9 Å². The van der Waals surface area contributed by atoms with Crippen molar-refractivity contribution in [1.82, 2.24) is 0 Å². The number of aromatic carboxylic acids is 1. The Morgan fingerprint density at radius 3 is 2.93 bits per heavy atom. The van der Waals surface area contributed by atoms with Crippen molar-refractivity contribution < 1.29 is 14.3 Å². The van der Waals surface area contributed by atoms with Gasteiger partial charge >= 0.3 is 5.97 Å². The molecule has 1 N–H and O–H groups in total. The number of carboxylic acid groups (broad SMARTS) is 1. The molecule has 0 radical (unpaired) electrons. The van der Waals surface area contributed by atoms with Crippen LogP contribution in [-0.4, -0.2) is 11.1 Å². The number of aryl methyl sites for hydroxylation is 1. The van der Waals surface area contributed by atoms with E-state index in [4.69, 9.17) is 5.11 Å². The summed E-state index contributed by atoms with van der Waals surface area (Å²) in [5.74, 6) is -0.881. The molecule has 0 fully saturated rings. The first-order valence-electron chi connectivity index (χ1n) is 4.32.